The summed E-state index contributed by atoms with van der Waals surface area (Å²) in [5.41, 5.74) is 0. The van der Waals surface area contributed by atoms with Gasteiger partial charge in [0.1, 0.15) is 13.2 Å². The van der Waals surface area contributed by atoms with Crippen LogP contribution >= 0.6 is 7.82 Å². The summed E-state index contributed by atoms with van der Waals surface area (Å²) in [5, 5.41) is 14.0. The van der Waals surface area contributed by atoms with Crippen LogP contribution in [0.4, 0.5) is 0 Å². The molecule has 2 N–H and O–H groups in total. The van der Waals surface area contributed by atoms with Crippen LogP contribution in [-0.2, 0) is 18.4 Å². The SMILES string of the molecule is CC/C=C\C/C=C\C/C=C\C/C=C\CCCCCCCCCCCCCCC(=O)NC(COP(=O)([O-])OCC[N+](C)(C)C)C(O)/C=C/CCCCCCCCCCCCCCCCCCCCCCCCCCCCCC. The van der Waals surface area contributed by atoms with Crippen molar-refractivity contribution in [3.05, 3.63) is 60.8 Å². The van der Waals surface area contributed by atoms with Gasteiger partial charge in [0.05, 0.1) is 39.9 Å². The van der Waals surface area contributed by atoms with Crippen molar-refractivity contribution in [1.29, 1.82) is 0 Å². The molecule has 0 aromatic heterocycles. The molecule has 9 heteroatoms. The number of allylic oxidation sites excluding steroid dienone is 9. The van der Waals surface area contributed by atoms with E-state index in [0.29, 0.717) is 17.4 Å². The van der Waals surface area contributed by atoms with Crippen molar-refractivity contribution >= 4 is 13.7 Å². The number of carbonyl (C=O) groups excluding carboxylic acids is 1. The zero-order chi connectivity index (χ0) is 56.3. The third-order valence-electron chi connectivity index (χ3n) is 15.0. The molecule has 0 bridgehead atoms. The molecule has 3 atom stereocenters. The van der Waals surface area contributed by atoms with Crippen LogP contribution in [0.5, 0.6) is 0 Å². The zero-order valence-corrected chi connectivity index (χ0v) is 52.6. The van der Waals surface area contributed by atoms with Gasteiger partial charge in [-0.2, -0.15) is 0 Å². The topological polar surface area (TPSA) is 108 Å². The largest absolute Gasteiger partial charge is 0.756 e. The van der Waals surface area contributed by atoms with Gasteiger partial charge in [-0.05, 0) is 57.8 Å². The Morgan fingerprint density at radius 1 is 0.468 bits per heavy atom. The maximum Gasteiger partial charge on any atom is 0.268 e. The first-order valence-corrected chi connectivity index (χ1v) is 34.6. The van der Waals surface area contributed by atoms with E-state index in [0.717, 1.165) is 64.2 Å². The van der Waals surface area contributed by atoms with E-state index in [2.05, 4.69) is 67.8 Å². The first-order valence-electron chi connectivity index (χ1n) is 33.2. The van der Waals surface area contributed by atoms with Crippen LogP contribution in [-0.4, -0.2) is 68.5 Å². The minimum Gasteiger partial charge on any atom is -0.756 e. The van der Waals surface area contributed by atoms with E-state index >= 15 is 0 Å². The third-order valence-corrected chi connectivity index (χ3v) is 15.9. The average Bonchev–Trinajstić information content (AvgIpc) is 3.39. The first kappa shape index (κ1) is 75.2. The van der Waals surface area contributed by atoms with Gasteiger partial charge in [-0.1, -0.05) is 312 Å². The lowest BCUT2D eigenvalue weighted by Gasteiger charge is -2.29. The highest BCUT2D eigenvalue weighted by Gasteiger charge is 2.23. The number of phosphoric ester groups is 1. The highest BCUT2D eigenvalue weighted by molar-refractivity contribution is 7.45. The molecule has 77 heavy (non-hydrogen) atoms. The van der Waals surface area contributed by atoms with Gasteiger partial charge < -0.3 is 28.8 Å². The number of likely N-dealkylation sites (N-methyl/N-ethyl adjacent to an activating group) is 1. The number of aliphatic hydroxyl groups is 1. The number of amides is 1. The quantitative estimate of drug-likeness (QED) is 0.0272. The number of rotatable bonds is 61. The summed E-state index contributed by atoms with van der Waals surface area (Å²) in [5.74, 6) is -0.197. The lowest BCUT2D eigenvalue weighted by Crippen LogP contribution is -2.45. The van der Waals surface area contributed by atoms with Gasteiger partial charge in [0.15, 0.2) is 0 Å². The van der Waals surface area contributed by atoms with Gasteiger partial charge in [-0.3, -0.25) is 9.36 Å². The molecule has 0 aliphatic heterocycles. The number of hydrogen-bond acceptors (Lipinski definition) is 6. The van der Waals surface area contributed by atoms with Gasteiger partial charge >= 0.3 is 0 Å². The average molecular weight is 1100 g/mol. The number of phosphoric acid groups is 1. The minimum absolute atomic E-state index is 0.00234. The normalized spacial score (nSPS) is 14.1. The van der Waals surface area contributed by atoms with Gasteiger partial charge in [-0.25, -0.2) is 0 Å². The van der Waals surface area contributed by atoms with Crippen LogP contribution in [0.2, 0.25) is 0 Å². The van der Waals surface area contributed by atoms with Crippen LogP contribution in [0.3, 0.4) is 0 Å². The predicted octanol–water partition coefficient (Wildman–Crippen LogP) is 20.2. The van der Waals surface area contributed by atoms with Crippen LogP contribution in [0.25, 0.3) is 0 Å². The van der Waals surface area contributed by atoms with Gasteiger partial charge in [0.2, 0.25) is 5.91 Å². The Balaban J connectivity index is 4.10. The molecule has 0 aliphatic rings. The summed E-state index contributed by atoms with van der Waals surface area (Å²) in [7, 11) is 1.27. The molecule has 3 unspecified atom stereocenters. The van der Waals surface area contributed by atoms with Crippen LogP contribution in [0.1, 0.15) is 316 Å². The Kier molecular flexibility index (Phi) is 57.5. The summed E-state index contributed by atoms with van der Waals surface area (Å²) in [6.07, 6.45) is 80.4. The molecule has 0 radical (unpaired) electrons. The molecule has 0 aliphatic carbocycles. The molecule has 0 rings (SSSR count). The predicted molar refractivity (Wildman–Crippen MR) is 334 cm³/mol. The van der Waals surface area contributed by atoms with Crippen molar-refractivity contribution in [2.24, 2.45) is 0 Å². The summed E-state index contributed by atoms with van der Waals surface area (Å²) in [4.78, 5) is 25.6. The van der Waals surface area contributed by atoms with Crippen molar-refractivity contribution in [3.63, 3.8) is 0 Å². The number of nitrogens with one attached hydrogen (secondary N) is 1. The first-order chi connectivity index (χ1) is 37.5. The van der Waals surface area contributed by atoms with Crippen molar-refractivity contribution in [2.75, 3.05) is 40.9 Å². The second-order valence-corrected chi connectivity index (χ2v) is 25.2. The molecule has 0 spiro atoms. The van der Waals surface area contributed by atoms with Crippen molar-refractivity contribution in [1.82, 2.24) is 5.32 Å². The Morgan fingerprint density at radius 2 is 0.792 bits per heavy atom. The van der Waals surface area contributed by atoms with Crippen molar-refractivity contribution in [2.45, 2.75) is 328 Å². The number of unbranched alkanes of at least 4 members (excludes halogenated alkanes) is 40. The van der Waals surface area contributed by atoms with Crippen LogP contribution in [0, 0.1) is 0 Å². The third kappa shape index (κ3) is 61.7. The molecular weight excluding hydrogens is 972 g/mol. The highest BCUT2D eigenvalue weighted by Crippen LogP contribution is 2.38. The van der Waals surface area contributed by atoms with E-state index in [1.807, 2.05) is 27.2 Å². The van der Waals surface area contributed by atoms with Crippen LogP contribution in [0.15, 0.2) is 60.8 Å². The smallest absolute Gasteiger partial charge is 0.268 e. The molecule has 452 valence electrons. The number of aliphatic hydroxyl groups excluding tert-OH is 1. The summed E-state index contributed by atoms with van der Waals surface area (Å²) >= 11 is 0. The lowest BCUT2D eigenvalue weighted by molar-refractivity contribution is -0.870. The maximum absolute atomic E-state index is 13.0. The standard InChI is InChI=1S/C68H129N2O6P/c1-6-8-10-12-14-16-18-20-22-24-26-28-30-32-33-34-35-36-38-39-41-43-45-47-49-51-53-55-57-59-61-67(71)66(65-76-77(73,74)75-64-63-70(3,4)5)69-68(72)62-60-58-56-54-52-50-48-46-44-42-40-37-31-29-27-25-23-21-19-17-15-13-11-9-7-2/h9,11,15,17,21,23,27,29,59,61,66-67,71H,6-8,10,12-14,16,18-20,22,24-26,28,30-58,60,62-65H2,1-5H3,(H-,69,72,73,74)/b11-9-,17-15-,23-21-,29-27-,61-59+. The van der Waals surface area contributed by atoms with E-state index in [4.69, 9.17) is 9.05 Å². The summed E-state index contributed by atoms with van der Waals surface area (Å²) in [6, 6.07) is -0.892. The molecular formula is C68H129N2O6P. The van der Waals surface area contributed by atoms with E-state index in [9.17, 15) is 19.4 Å². The number of carbonyl (C=O) groups is 1. The maximum atomic E-state index is 13.0. The Morgan fingerprint density at radius 3 is 1.16 bits per heavy atom. The second kappa shape index (κ2) is 58.8. The molecule has 0 heterocycles. The van der Waals surface area contributed by atoms with Gasteiger partial charge in [0.25, 0.3) is 7.82 Å². The Hall–Kier alpha value is -1.80. The fourth-order valence-corrected chi connectivity index (χ4v) is 10.6. The molecule has 0 aromatic rings. The van der Waals surface area contributed by atoms with E-state index in [-0.39, 0.29) is 19.1 Å². The number of quaternary nitrogens is 1. The number of nitrogens with zero attached hydrogens (tertiary/aromatic N) is 1. The Labute approximate surface area is 479 Å². The molecule has 8 nitrogen and oxygen atoms in total. The number of hydrogen-bond donors (Lipinski definition) is 2. The Bertz CT molecular complexity index is 1440. The molecule has 0 aromatic carbocycles. The van der Waals surface area contributed by atoms with E-state index in [1.165, 1.54) is 231 Å². The zero-order valence-electron chi connectivity index (χ0n) is 51.7. The van der Waals surface area contributed by atoms with E-state index < -0.39 is 20.0 Å². The van der Waals surface area contributed by atoms with Crippen LogP contribution < -0.4 is 10.2 Å². The second-order valence-electron chi connectivity index (χ2n) is 23.8. The molecule has 0 saturated heterocycles. The van der Waals surface area contributed by atoms with Gasteiger partial charge in [-0.15, -0.1) is 0 Å². The minimum atomic E-state index is -4.60. The fraction of sp³-hybridized carbons (Fsp3) is 0.838. The highest BCUT2D eigenvalue weighted by atomic mass is 31.2. The van der Waals surface area contributed by atoms with E-state index in [1.54, 1.807) is 6.08 Å². The van der Waals surface area contributed by atoms with Crippen molar-refractivity contribution in [3.8, 4) is 0 Å². The molecule has 0 fully saturated rings. The molecule has 0 saturated carbocycles. The fourth-order valence-electron chi connectivity index (χ4n) is 9.85. The van der Waals surface area contributed by atoms with Gasteiger partial charge in [0, 0.05) is 6.42 Å². The lowest BCUT2D eigenvalue weighted by atomic mass is 10.0. The summed E-state index contributed by atoms with van der Waals surface area (Å²) < 4.78 is 23.4. The molecule has 1 amide bonds. The monoisotopic (exact) mass is 1100 g/mol. The van der Waals surface area contributed by atoms with Crippen molar-refractivity contribution < 1.29 is 32.9 Å². The summed E-state index contributed by atoms with van der Waals surface area (Å²) in [6.45, 7) is 4.58.